The second-order valence-electron chi connectivity index (χ2n) is 5.48. The van der Waals surface area contributed by atoms with Crippen molar-refractivity contribution >= 4 is 0 Å². The molecular formula is C14H29NO2. The zero-order chi connectivity index (χ0) is 13.1. The van der Waals surface area contributed by atoms with Crippen molar-refractivity contribution in [2.24, 2.45) is 11.8 Å². The number of hydrogen-bond acceptors (Lipinski definition) is 2. The molecule has 0 saturated heterocycles. The fourth-order valence-corrected chi connectivity index (χ4v) is 2.10. The largest absolute Gasteiger partial charge is 0.265 e. The van der Waals surface area contributed by atoms with Crippen molar-refractivity contribution in [3.63, 3.8) is 0 Å². The summed E-state index contributed by atoms with van der Waals surface area (Å²) in [4.78, 5) is 10.0. The van der Waals surface area contributed by atoms with Crippen LogP contribution in [-0.4, -0.2) is 11.5 Å². The lowest BCUT2D eigenvalue weighted by atomic mass is 9.92. The molecule has 0 saturated carbocycles. The number of nitrogens with zero attached hydrogens (tertiary/aromatic N) is 1. The monoisotopic (exact) mass is 243 g/mol. The first-order chi connectivity index (χ1) is 8.06. The van der Waals surface area contributed by atoms with Crippen molar-refractivity contribution in [1.29, 1.82) is 0 Å². The molecule has 0 aliphatic heterocycles. The number of rotatable bonds is 11. The molecule has 0 radical (unpaired) electrons. The van der Waals surface area contributed by atoms with Crippen LogP contribution in [0.1, 0.15) is 72.1 Å². The van der Waals surface area contributed by atoms with Crippen LogP contribution in [0.2, 0.25) is 0 Å². The lowest BCUT2D eigenvalue weighted by Crippen LogP contribution is -2.07. The zero-order valence-corrected chi connectivity index (χ0v) is 11.8. The molecule has 0 rings (SSSR count). The van der Waals surface area contributed by atoms with E-state index in [2.05, 4.69) is 20.8 Å². The van der Waals surface area contributed by atoms with Gasteiger partial charge in [-0.2, -0.15) is 0 Å². The summed E-state index contributed by atoms with van der Waals surface area (Å²) < 4.78 is 0. The SMILES string of the molecule is CCCCCCC(C)CCC(C)CC[N+](=O)[O-]. The molecule has 0 fully saturated rings. The Bertz CT molecular complexity index is 195. The van der Waals surface area contributed by atoms with E-state index in [1.54, 1.807) is 0 Å². The molecule has 2 atom stereocenters. The fourth-order valence-electron chi connectivity index (χ4n) is 2.10. The molecular weight excluding hydrogens is 214 g/mol. The first-order valence-electron chi connectivity index (χ1n) is 7.18. The minimum atomic E-state index is -0.204. The average molecular weight is 243 g/mol. The van der Waals surface area contributed by atoms with Crippen molar-refractivity contribution < 1.29 is 4.92 Å². The molecule has 3 nitrogen and oxygen atoms in total. The lowest BCUT2D eigenvalue weighted by molar-refractivity contribution is -0.481. The molecule has 0 aliphatic rings. The van der Waals surface area contributed by atoms with E-state index >= 15 is 0 Å². The Hall–Kier alpha value is -0.600. The molecule has 3 heteroatoms. The highest BCUT2D eigenvalue weighted by molar-refractivity contribution is 4.59. The van der Waals surface area contributed by atoms with Gasteiger partial charge in [-0.3, -0.25) is 10.1 Å². The Morgan fingerprint density at radius 2 is 1.53 bits per heavy atom. The van der Waals surface area contributed by atoms with Gasteiger partial charge in [-0.1, -0.05) is 65.7 Å². The fraction of sp³-hybridized carbons (Fsp3) is 1.00. The molecule has 0 aromatic rings. The molecule has 0 aliphatic carbocycles. The minimum Gasteiger partial charge on any atom is -0.265 e. The third-order valence-electron chi connectivity index (χ3n) is 3.51. The van der Waals surface area contributed by atoms with Crippen molar-refractivity contribution in [2.45, 2.75) is 72.1 Å². The van der Waals surface area contributed by atoms with E-state index in [1.165, 1.54) is 38.5 Å². The van der Waals surface area contributed by atoms with Gasteiger partial charge >= 0.3 is 0 Å². The third kappa shape index (κ3) is 11.7. The molecule has 0 aromatic heterocycles. The van der Waals surface area contributed by atoms with Gasteiger partial charge in [-0.25, -0.2) is 0 Å². The van der Waals surface area contributed by atoms with Crippen LogP contribution >= 0.6 is 0 Å². The van der Waals surface area contributed by atoms with E-state index in [-0.39, 0.29) is 11.5 Å². The van der Waals surface area contributed by atoms with Gasteiger partial charge in [0.05, 0.1) is 0 Å². The van der Waals surface area contributed by atoms with Crippen LogP contribution in [0.15, 0.2) is 0 Å². The van der Waals surface area contributed by atoms with Crippen LogP contribution in [0.5, 0.6) is 0 Å². The maximum absolute atomic E-state index is 10.3. The van der Waals surface area contributed by atoms with Crippen LogP contribution in [0.3, 0.4) is 0 Å². The number of hydrogen-bond donors (Lipinski definition) is 0. The van der Waals surface area contributed by atoms with Crippen LogP contribution in [0, 0.1) is 22.0 Å². The maximum atomic E-state index is 10.3. The lowest BCUT2D eigenvalue weighted by Gasteiger charge is -2.14. The highest BCUT2D eigenvalue weighted by Gasteiger charge is 2.09. The Balaban J connectivity index is 3.41. The summed E-state index contributed by atoms with van der Waals surface area (Å²) in [7, 11) is 0. The molecule has 102 valence electrons. The quantitative estimate of drug-likeness (QED) is 0.300. The van der Waals surface area contributed by atoms with Crippen molar-refractivity contribution in [2.75, 3.05) is 6.54 Å². The van der Waals surface area contributed by atoms with Gasteiger partial charge in [0.1, 0.15) is 0 Å². The van der Waals surface area contributed by atoms with Gasteiger partial charge in [0.25, 0.3) is 0 Å². The average Bonchev–Trinajstić information content (AvgIpc) is 2.29. The maximum Gasteiger partial charge on any atom is 0.204 e. The second-order valence-corrected chi connectivity index (χ2v) is 5.48. The summed E-state index contributed by atoms with van der Waals surface area (Å²) in [6, 6.07) is 0. The first-order valence-corrected chi connectivity index (χ1v) is 7.18. The highest BCUT2D eigenvalue weighted by Crippen LogP contribution is 2.19. The van der Waals surface area contributed by atoms with E-state index in [1.807, 2.05) is 0 Å². The normalized spacial score (nSPS) is 14.5. The second kappa shape index (κ2) is 10.5. The molecule has 0 aromatic carbocycles. The molecule has 0 N–H and O–H groups in total. The predicted octanol–water partition coefficient (Wildman–Crippen LogP) is 4.68. The van der Waals surface area contributed by atoms with E-state index in [0.717, 1.165) is 18.8 Å². The summed E-state index contributed by atoms with van der Waals surface area (Å²) >= 11 is 0. The summed E-state index contributed by atoms with van der Waals surface area (Å²) in [6.45, 7) is 6.81. The Morgan fingerprint density at radius 1 is 0.941 bits per heavy atom. The van der Waals surface area contributed by atoms with E-state index in [9.17, 15) is 10.1 Å². The third-order valence-corrected chi connectivity index (χ3v) is 3.51. The van der Waals surface area contributed by atoms with Gasteiger partial charge in [-0.15, -0.1) is 0 Å². The standard InChI is InChI=1S/C14H29NO2/c1-4-5-6-7-8-13(2)9-10-14(3)11-12-15(16)17/h13-14H,4-12H2,1-3H3. The predicted molar refractivity (Wildman–Crippen MR) is 72.8 cm³/mol. The number of unbranched alkanes of at least 4 members (excludes halogenated alkanes) is 3. The van der Waals surface area contributed by atoms with E-state index in [4.69, 9.17) is 0 Å². The topological polar surface area (TPSA) is 43.1 Å². The van der Waals surface area contributed by atoms with Crippen LogP contribution in [-0.2, 0) is 0 Å². The summed E-state index contributed by atoms with van der Waals surface area (Å²) in [6.07, 6.45) is 9.78. The van der Waals surface area contributed by atoms with E-state index < -0.39 is 0 Å². The van der Waals surface area contributed by atoms with Crippen LogP contribution < -0.4 is 0 Å². The van der Waals surface area contributed by atoms with E-state index in [0.29, 0.717) is 5.92 Å². The van der Waals surface area contributed by atoms with Gasteiger partial charge in [0.15, 0.2) is 0 Å². The Morgan fingerprint density at radius 3 is 2.06 bits per heavy atom. The van der Waals surface area contributed by atoms with Crippen LogP contribution in [0.25, 0.3) is 0 Å². The molecule has 0 bridgehead atoms. The Labute approximate surface area is 106 Å². The smallest absolute Gasteiger partial charge is 0.204 e. The van der Waals surface area contributed by atoms with Gasteiger partial charge in [0.2, 0.25) is 6.54 Å². The van der Waals surface area contributed by atoms with Gasteiger partial charge in [0, 0.05) is 11.3 Å². The molecule has 17 heavy (non-hydrogen) atoms. The number of nitro groups is 1. The molecule has 0 spiro atoms. The Kier molecular flexibility index (Phi) is 10.2. The van der Waals surface area contributed by atoms with Crippen molar-refractivity contribution in [1.82, 2.24) is 0 Å². The summed E-state index contributed by atoms with van der Waals surface area (Å²) in [5, 5.41) is 10.3. The van der Waals surface area contributed by atoms with Gasteiger partial charge in [-0.05, 0) is 11.8 Å². The molecule has 0 amide bonds. The van der Waals surface area contributed by atoms with Crippen LogP contribution in [0.4, 0.5) is 0 Å². The van der Waals surface area contributed by atoms with Crippen molar-refractivity contribution in [3.8, 4) is 0 Å². The molecule has 2 unspecified atom stereocenters. The first kappa shape index (κ1) is 16.4. The zero-order valence-electron chi connectivity index (χ0n) is 11.8. The minimum absolute atomic E-state index is 0.131. The van der Waals surface area contributed by atoms with Crippen molar-refractivity contribution in [3.05, 3.63) is 10.1 Å². The summed E-state index contributed by atoms with van der Waals surface area (Å²) in [5.74, 6) is 1.28. The van der Waals surface area contributed by atoms with Gasteiger partial charge < -0.3 is 0 Å². The molecule has 0 heterocycles. The highest BCUT2D eigenvalue weighted by atomic mass is 16.6. The summed E-state index contributed by atoms with van der Waals surface area (Å²) in [5.41, 5.74) is 0.